The Morgan fingerprint density at radius 2 is 1.56 bits per heavy atom. The van der Waals surface area contributed by atoms with E-state index in [1.54, 1.807) is 20.8 Å². The first-order valence-electron chi connectivity index (χ1n) is 5.47. The molecule has 0 unspecified atom stereocenters. The SMILES string of the molecule is CC(C)(C)N[C@@H](CC(=O)O)C(=O)C(C)(C)C. The van der Waals surface area contributed by atoms with Crippen molar-refractivity contribution in [3.05, 3.63) is 0 Å². The molecule has 0 radical (unpaired) electrons. The van der Waals surface area contributed by atoms with Gasteiger partial charge in [-0.2, -0.15) is 0 Å². The molecule has 0 heterocycles. The quantitative estimate of drug-likeness (QED) is 0.772. The van der Waals surface area contributed by atoms with Gasteiger partial charge in [0, 0.05) is 11.0 Å². The van der Waals surface area contributed by atoms with Gasteiger partial charge in [0.25, 0.3) is 0 Å². The van der Waals surface area contributed by atoms with Crippen LogP contribution in [0.25, 0.3) is 0 Å². The number of carbonyl (C=O) groups is 2. The largest absolute Gasteiger partial charge is 0.481 e. The Balaban J connectivity index is 4.81. The lowest BCUT2D eigenvalue weighted by Gasteiger charge is -2.30. The zero-order chi connectivity index (χ0) is 13.1. The molecular formula is C12H23NO3. The molecule has 0 aliphatic carbocycles. The van der Waals surface area contributed by atoms with Crippen molar-refractivity contribution in [2.45, 2.75) is 59.5 Å². The van der Waals surface area contributed by atoms with Gasteiger partial charge in [-0.3, -0.25) is 9.59 Å². The zero-order valence-corrected chi connectivity index (χ0v) is 11.0. The van der Waals surface area contributed by atoms with Gasteiger partial charge in [-0.05, 0) is 20.8 Å². The van der Waals surface area contributed by atoms with Crippen LogP contribution in [0.4, 0.5) is 0 Å². The number of carboxylic acid groups (broad SMARTS) is 1. The van der Waals surface area contributed by atoms with E-state index in [4.69, 9.17) is 5.11 Å². The zero-order valence-electron chi connectivity index (χ0n) is 11.0. The molecule has 0 saturated carbocycles. The summed E-state index contributed by atoms with van der Waals surface area (Å²) in [5.41, 5.74) is -0.806. The Bertz CT molecular complexity index is 271. The van der Waals surface area contributed by atoms with Crippen molar-refractivity contribution < 1.29 is 14.7 Å². The standard InChI is InChI=1S/C12H23NO3/c1-11(2,3)10(16)8(7-9(14)15)13-12(4,5)6/h8,13H,7H2,1-6H3,(H,14,15)/t8-/m0/s1. The number of aliphatic carboxylic acids is 1. The van der Waals surface area contributed by atoms with Crippen molar-refractivity contribution >= 4 is 11.8 Å². The molecule has 0 fully saturated rings. The normalized spacial score (nSPS) is 14.6. The summed E-state index contributed by atoms with van der Waals surface area (Å²) in [6, 6.07) is -0.627. The Morgan fingerprint density at radius 1 is 1.12 bits per heavy atom. The Labute approximate surface area is 97.4 Å². The van der Waals surface area contributed by atoms with Crippen molar-refractivity contribution in [1.29, 1.82) is 0 Å². The summed E-state index contributed by atoms with van der Waals surface area (Å²) in [7, 11) is 0. The number of nitrogens with one attached hydrogen (secondary N) is 1. The van der Waals surface area contributed by atoms with E-state index >= 15 is 0 Å². The van der Waals surface area contributed by atoms with Crippen molar-refractivity contribution in [2.75, 3.05) is 0 Å². The molecule has 0 aromatic carbocycles. The lowest BCUT2D eigenvalue weighted by Crippen LogP contribution is -2.51. The average molecular weight is 229 g/mol. The molecule has 4 heteroatoms. The van der Waals surface area contributed by atoms with Gasteiger partial charge in [-0.15, -0.1) is 0 Å². The molecule has 1 atom stereocenters. The minimum absolute atomic E-state index is 0.0650. The van der Waals surface area contributed by atoms with Crippen molar-refractivity contribution in [3.8, 4) is 0 Å². The number of ketones is 1. The average Bonchev–Trinajstić information content (AvgIpc) is 1.96. The van der Waals surface area contributed by atoms with E-state index < -0.39 is 17.4 Å². The van der Waals surface area contributed by atoms with Gasteiger partial charge in [0.15, 0.2) is 5.78 Å². The molecule has 0 amide bonds. The number of Topliss-reactive ketones (excluding diaryl/α,β-unsaturated/α-hetero) is 1. The summed E-state index contributed by atoms with van der Waals surface area (Å²) < 4.78 is 0. The van der Waals surface area contributed by atoms with E-state index in [0.29, 0.717) is 0 Å². The fraction of sp³-hybridized carbons (Fsp3) is 0.833. The summed E-state index contributed by atoms with van der Waals surface area (Å²) in [6.07, 6.45) is -0.173. The van der Waals surface area contributed by atoms with Gasteiger partial charge in [0.2, 0.25) is 0 Å². The van der Waals surface area contributed by atoms with Gasteiger partial charge in [0.05, 0.1) is 12.5 Å². The minimum Gasteiger partial charge on any atom is -0.481 e. The van der Waals surface area contributed by atoms with Crippen molar-refractivity contribution in [3.63, 3.8) is 0 Å². The van der Waals surface area contributed by atoms with Crippen LogP contribution in [0.3, 0.4) is 0 Å². The molecule has 0 aliphatic rings. The third kappa shape index (κ3) is 5.85. The van der Waals surface area contributed by atoms with Crippen LogP contribution in [0.2, 0.25) is 0 Å². The number of hydrogen-bond acceptors (Lipinski definition) is 3. The number of carboxylic acids is 1. The Morgan fingerprint density at radius 3 is 1.81 bits per heavy atom. The van der Waals surface area contributed by atoms with Crippen LogP contribution in [0, 0.1) is 5.41 Å². The second kappa shape index (κ2) is 4.95. The lowest BCUT2D eigenvalue weighted by molar-refractivity contribution is -0.141. The van der Waals surface area contributed by atoms with Gasteiger partial charge in [-0.1, -0.05) is 20.8 Å². The second-order valence-electron chi connectivity index (χ2n) is 6.16. The summed E-state index contributed by atoms with van der Waals surface area (Å²) >= 11 is 0. The number of carbonyl (C=O) groups excluding carboxylic acids is 1. The van der Waals surface area contributed by atoms with Crippen LogP contribution in [0.5, 0.6) is 0 Å². The van der Waals surface area contributed by atoms with Gasteiger partial charge in [-0.25, -0.2) is 0 Å². The molecule has 0 aromatic heterocycles. The molecule has 16 heavy (non-hydrogen) atoms. The fourth-order valence-corrected chi connectivity index (χ4v) is 1.43. The van der Waals surface area contributed by atoms with E-state index in [-0.39, 0.29) is 17.7 Å². The highest BCUT2D eigenvalue weighted by Crippen LogP contribution is 2.19. The van der Waals surface area contributed by atoms with Crippen molar-refractivity contribution in [2.24, 2.45) is 5.41 Å². The first kappa shape index (κ1) is 15.1. The number of hydrogen-bond donors (Lipinski definition) is 2. The lowest BCUT2D eigenvalue weighted by atomic mass is 9.84. The summed E-state index contributed by atoms with van der Waals surface area (Å²) in [6.45, 7) is 11.1. The van der Waals surface area contributed by atoms with Gasteiger partial charge >= 0.3 is 5.97 Å². The minimum atomic E-state index is -0.959. The first-order valence-corrected chi connectivity index (χ1v) is 5.47. The van der Waals surface area contributed by atoms with Crippen LogP contribution in [0.1, 0.15) is 48.0 Å². The topological polar surface area (TPSA) is 66.4 Å². The first-order chi connectivity index (χ1) is 6.93. The van der Waals surface area contributed by atoms with Gasteiger partial charge in [0.1, 0.15) is 0 Å². The smallest absolute Gasteiger partial charge is 0.305 e. The molecule has 94 valence electrons. The molecule has 0 aliphatic heterocycles. The van der Waals surface area contributed by atoms with E-state index in [1.807, 2.05) is 20.8 Å². The van der Waals surface area contributed by atoms with E-state index in [2.05, 4.69) is 5.32 Å². The predicted octanol–water partition coefficient (Wildman–Crippen LogP) is 1.83. The van der Waals surface area contributed by atoms with Crippen LogP contribution < -0.4 is 5.32 Å². The van der Waals surface area contributed by atoms with E-state index in [1.165, 1.54) is 0 Å². The summed E-state index contributed by atoms with van der Waals surface area (Å²) in [5, 5.41) is 11.9. The molecule has 4 nitrogen and oxygen atoms in total. The van der Waals surface area contributed by atoms with Crippen LogP contribution in [0.15, 0.2) is 0 Å². The monoisotopic (exact) mass is 229 g/mol. The number of rotatable bonds is 4. The van der Waals surface area contributed by atoms with Crippen LogP contribution in [-0.2, 0) is 9.59 Å². The highest BCUT2D eigenvalue weighted by Gasteiger charge is 2.33. The molecular weight excluding hydrogens is 206 g/mol. The molecule has 0 bridgehead atoms. The Kier molecular flexibility index (Phi) is 4.68. The highest BCUT2D eigenvalue weighted by molar-refractivity contribution is 5.91. The highest BCUT2D eigenvalue weighted by atomic mass is 16.4. The van der Waals surface area contributed by atoms with Crippen LogP contribution >= 0.6 is 0 Å². The Hall–Kier alpha value is -0.900. The molecule has 0 rings (SSSR count). The third-order valence-electron chi connectivity index (χ3n) is 2.04. The predicted molar refractivity (Wildman–Crippen MR) is 63.4 cm³/mol. The molecule has 0 aromatic rings. The second-order valence-corrected chi connectivity index (χ2v) is 6.16. The summed E-state index contributed by atoms with van der Waals surface area (Å²) in [5.74, 6) is -1.02. The maximum atomic E-state index is 12.1. The van der Waals surface area contributed by atoms with E-state index in [9.17, 15) is 9.59 Å². The summed E-state index contributed by atoms with van der Waals surface area (Å²) in [4.78, 5) is 22.8. The maximum absolute atomic E-state index is 12.1. The van der Waals surface area contributed by atoms with Crippen LogP contribution in [-0.4, -0.2) is 28.4 Å². The maximum Gasteiger partial charge on any atom is 0.305 e. The molecule has 0 spiro atoms. The molecule has 0 saturated heterocycles. The molecule has 2 N–H and O–H groups in total. The third-order valence-corrected chi connectivity index (χ3v) is 2.04. The van der Waals surface area contributed by atoms with Crippen molar-refractivity contribution in [1.82, 2.24) is 5.32 Å². The van der Waals surface area contributed by atoms with Gasteiger partial charge < -0.3 is 10.4 Å². The fourth-order valence-electron chi connectivity index (χ4n) is 1.43. The van der Waals surface area contributed by atoms with E-state index in [0.717, 1.165) is 0 Å².